The summed E-state index contributed by atoms with van der Waals surface area (Å²) in [6.07, 6.45) is 1.49. The molecule has 0 aliphatic heterocycles. The number of nitrogens with one attached hydrogen (secondary N) is 1. The SMILES string of the molecule is Cn1ccc(CC(=O)NS(=O)(=O)Cc2ccc(Cl)c(F)c2)n1. The van der Waals surface area contributed by atoms with Crippen LogP contribution in [0.5, 0.6) is 0 Å². The van der Waals surface area contributed by atoms with Crippen LogP contribution in [0.25, 0.3) is 0 Å². The van der Waals surface area contributed by atoms with E-state index in [2.05, 4.69) is 5.10 Å². The molecule has 0 aliphatic rings. The summed E-state index contributed by atoms with van der Waals surface area (Å²) in [4.78, 5) is 11.7. The van der Waals surface area contributed by atoms with Gasteiger partial charge in [0.2, 0.25) is 15.9 Å². The van der Waals surface area contributed by atoms with Crippen molar-refractivity contribution in [1.29, 1.82) is 0 Å². The van der Waals surface area contributed by atoms with E-state index in [1.165, 1.54) is 16.8 Å². The molecule has 6 nitrogen and oxygen atoms in total. The third-order valence-electron chi connectivity index (χ3n) is 2.72. The van der Waals surface area contributed by atoms with Crippen LogP contribution in [-0.4, -0.2) is 24.1 Å². The van der Waals surface area contributed by atoms with Crippen LogP contribution in [0.4, 0.5) is 4.39 Å². The predicted octanol–water partition coefficient (Wildman–Crippen LogP) is 1.40. The summed E-state index contributed by atoms with van der Waals surface area (Å²) in [5, 5.41) is 3.89. The van der Waals surface area contributed by atoms with Crippen LogP contribution >= 0.6 is 11.6 Å². The lowest BCUT2D eigenvalue weighted by atomic mass is 10.2. The summed E-state index contributed by atoms with van der Waals surface area (Å²) >= 11 is 5.53. The number of carbonyl (C=O) groups is 1. The van der Waals surface area contributed by atoms with E-state index in [-0.39, 0.29) is 17.0 Å². The van der Waals surface area contributed by atoms with Gasteiger partial charge in [-0.25, -0.2) is 12.8 Å². The molecule has 22 heavy (non-hydrogen) atoms. The quantitative estimate of drug-likeness (QED) is 0.888. The molecule has 1 aromatic carbocycles. The van der Waals surface area contributed by atoms with Gasteiger partial charge in [-0.15, -0.1) is 0 Å². The van der Waals surface area contributed by atoms with Gasteiger partial charge in [-0.1, -0.05) is 17.7 Å². The van der Waals surface area contributed by atoms with Gasteiger partial charge >= 0.3 is 0 Å². The number of hydrogen-bond acceptors (Lipinski definition) is 4. The Morgan fingerprint density at radius 2 is 2.14 bits per heavy atom. The molecule has 1 aromatic heterocycles. The van der Waals surface area contributed by atoms with Crippen molar-refractivity contribution >= 4 is 27.5 Å². The topological polar surface area (TPSA) is 81.1 Å². The molecule has 118 valence electrons. The Morgan fingerprint density at radius 1 is 1.41 bits per heavy atom. The second kappa shape index (κ2) is 6.45. The molecule has 0 atom stereocenters. The summed E-state index contributed by atoms with van der Waals surface area (Å²) in [6, 6.07) is 5.27. The summed E-state index contributed by atoms with van der Waals surface area (Å²) in [5.41, 5.74) is 0.646. The Labute approximate surface area is 131 Å². The minimum Gasteiger partial charge on any atom is -0.276 e. The zero-order valence-corrected chi connectivity index (χ0v) is 13.2. The van der Waals surface area contributed by atoms with Gasteiger partial charge in [-0.3, -0.25) is 14.2 Å². The minimum atomic E-state index is -3.92. The first kappa shape index (κ1) is 16.4. The number of nitrogens with zero attached hydrogens (tertiary/aromatic N) is 2. The molecule has 9 heteroatoms. The fraction of sp³-hybridized carbons (Fsp3) is 0.231. The Hall–Kier alpha value is -1.93. The zero-order chi connectivity index (χ0) is 16.3. The molecule has 1 amide bonds. The molecule has 1 N–H and O–H groups in total. The summed E-state index contributed by atoms with van der Waals surface area (Å²) in [6.45, 7) is 0. The Kier molecular flexibility index (Phi) is 4.82. The van der Waals surface area contributed by atoms with Crippen molar-refractivity contribution in [3.8, 4) is 0 Å². The first-order valence-electron chi connectivity index (χ1n) is 6.21. The largest absolute Gasteiger partial charge is 0.276 e. The summed E-state index contributed by atoms with van der Waals surface area (Å²) in [5.74, 6) is -1.93. The van der Waals surface area contributed by atoms with E-state index in [1.807, 2.05) is 4.72 Å². The maximum Gasteiger partial charge on any atom is 0.239 e. The third-order valence-corrected chi connectivity index (χ3v) is 4.28. The van der Waals surface area contributed by atoms with Crippen LogP contribution < -0.4 is 4.72 Å². The first-order valence-corrected chi connectivity index (χ1v) is 8.24. The molecular formula is C13H13ClFN3O3S. The fourth-order valence-corrected chi connectivity index (χ4v) is 3.04. The number of hydrogen-bond donors (Lipinski definition) is 1. The minimum absolute atomic E-state index is 0.0969. The summed E-state index contributed by atoms with van der Waals surface area (Å²) in [7, 11) is -2.23. The second-order valence-electron chi connectivity index (χ2n) is 4.69. The van der Waals surface area contributed by atoms with Gasteiger partial charge in [-0.2, -0.15) is 5.10 Å². The third kappa shape index (κ3) is 4.54. The lowest BCUT2D eigenvalue weighted by molar-refractivity contribution is -0.118. The van der Waals surface area contributed by atoms with Crippen molar-refractivity contribution in [2.75, 3.05) is 0 Å². The molecule has 0 saturated heterocycles. The van der Waals surface area contributed by atoms with Gasteiger partial charge in [0.05, 0.1) is 22.9 Å². The van der Waals surface area contributed by atoms with Crippen molar-refractivity contribution in [2.24, 2.45) is 7.05 Å². The molecule has 1 heterocycles. The Bertz CT molecular complexity index is 805. The van der Waals surface area contributed by atoms with Gasteiger partial charge in [0, 0.05) is 13.2 Å². The average molecular weight is 346 g/mol. The van der Waals surface area contributed by atoms with Crippen LogP contribution in [0.1, 0.15) is 11.3 Å². The molecule has 0 fully saturated rings. The Morgan fingerprint density at radius 3 is 2.73 bits per heavy atom. The van der Waals surface area contributed by atoms with E-state index in [1.54, 1.807) is 19.3 Å². The van der Waals surface area contributed by atoms with Crippen LogP contribution in [0.15, 0.2) is 30.5 Å². The van der Waals surface area contributed by atoms with Gasteiger partial charge in [0.25, 0.3) is 0 Å². The van der Waals surface area contributed by atoms with Crippen LogP contribution in [0.3, 0.4) is 0 Å². The normalized spacial score (nSPS) is 11.4. The van der Waals surface area contributed by atoms with E-state index < -0.39 is 27.5 Å². The van der Waals surface area contributed by atoms with Crippen molar-refractivity contribution in [1.82, 2.24) is 14.5 Å². The monoisotopic (exact) mass is 345 g/mol. The molecule has 0 unspecified atom stereocenters. The fourth-order valence-electron chi connectivity index (χ4n) is 1.82. The molecule has 0 radical (unpaired) electrons. The maximum absolute atomic E-state index is 13.3. The van der Waals surface area contributed by atoms with Gasteiger partial charge in [0.15, 0.2) is 0 Å². The standard InChI is InChI=1S/C13H13ClFN3O3S/c1-18-5-4-10(16-18)7-13(19)17-22(20,21)8-9-2-3-11(14)12(15)6-9/h2-6H,7-8H2,1H3,(H,17,19). The smallest absolute Gasteiger partial charge is 0.239 e. The molecule has 2 rings (SSSR count). The lowest BCUT2D eigenvalue weighted by Crippen LogP contribution is -2.32. The first-order chi connectivity index (χ1) is 10.2. The number of halogens is 2. The van der Waals surface area contributed by atoms with Crippen LogP contribution in [0.2, 0.25) is 5.02 Å². The van der Waals surface area contributed by atoms with Crippen molar-refractivity contribution in [2.45, 2.75) is 12.2 Å². The van der Waals surface area contributed by atoms with Crippen LogP contribution in [-0.2, 0) is 34.0 Å². The number of amides is 1. The molecule has 0 aliphatic carbocycles. The van der Waals surface area contributed by atoms with E-state index in [0.717, 1.165) is 6.07 Å². The van der Waals surface area contributed by atoms with Crippen molar-refractivity contribution in [3.63, 3.8) is 0 Å². The van der Waals surface area contributed by atoms with E-state index >= 15 is 0 Å². The summed E-state index contributed by atoms with van der Waals surface area (Å²) < 4.78 is 40.5. The maximum atomic E-state index is 13.3. The van der Waals surface area contributed by atoms with E-state index in [4.69, 9.17) is 11.6 Å². The van der Waals surface area contributed by atoms with E-state index in [0.29, 0.717) is 5.69 Å². The lowest BCUT2D eigenvalue weighted by Gasteiger charge is -2.07. The predicted molar refractivity (Wildman–Crippen MR) is 79.1 cm³/mol. The van der Waals surface area contributed by atoms with Crippen molar-refractivity contribution in [3.05, 3.63) is 52.6 Å². The number of carbonyl (C=O) groups excluding carboxylic acids is 1. The molecular weight excluding hydrogens is 333 g/mol. The number of rotatable bonds is 5. The van der Waals surface area contributed by atoms with Crippen LogP contribution in [0, 0.1) is 5.82 Å². The molecule has 0 bridgehead atoms. The zero-order valence-electron chi connectivity index (χ0n) is 11.6. The van der Waals surface area contributed by atoms with Gasteiger partial charge in [0.1, 0.15) is 5.82 Å². The highest BCUT2D eigenvalue weighted by Crippen LogP contribution is 2.16. The van der Waals surface area contributed by atoms with Gasteiger partial charge in [-0.05, 0) is 23.8 Å². The molecule has 2 aromatic rings. The van der Waals surface area contributed by atoms with Crippen molar-refractivity contribution < 1.29 is 17.6 Å². The number of aryl methyl sites for hydroxylation is 1. The average Bonchev–Trinajstić information content (AvgIpc) is 2.78. The molecule has 0 saturated carbocycles. The number of aromatic nitrogens is 2. The van der Waals surface area contributed by atoms with E-state index in [9.17, 15) is 17.6 Å². The highest BCUT2D eigenvalue weighted by molar-refractivity contribution is 7.89. The number of sulfonamides is 1. The Balaban J connectivity index is 2.01. The van der Waals surface area contributed by atoms with Gasteiger partial charge < -0.3 is 0 Å². The number of benzene rings is 1. The molecule has 0 spiro atoms. The highest BCUT2D eigenvalue weighted by Gasteiger charge is 2.17. The second-order valence-corrected chi connectivity index (χ2v) is 6.82. The highest BCUT2D eigenvalue weighted by atomic mass is 35.5.